The molecule has 0 amide bonds. The second-order valence-electron chi connectivity index (χ2n) is 8.73. The molecule has 0 heterocycles. The van der Waals surface area contributed by atoms with Gasteiger partial charge >= 0.3 is 0 Å². The Morgan fingerprint density at radius 3 is 2.34 bits per heavy atom. The van der Waals surface area contributed by atoms with Crippen molar-refractivity contribution in [3.8, 4) is 11.1 Å². The molecule has 4 unspecified atom stereocenters. The van der Waals surface area contributed by atoms with Gasteiger partial charge in [0.25, 0.3) is 0 Å². The summed E-state index contributed by atoms with van der Waals surface area (Å²) in [4.78, 5) is 0. The van der Waals surface area contributed by atoms with E-state index in [0.29, 0.717) is 23.5 Å². The monoisotopic (exact) mass is 402 g/mol. The molecule has 0 aliphatic heterocycles. The lowest BCUT2D eigenvalue weighted by atomic mass is 9.65. The van der Waals surface area contributed by atoms with E-state index < -0.39 is 17.5 Å². The second kappa shape index (κ2) is 8.51. The number of hydrogen-bond acceptors (Lipinski definition) is 1. The van der Waals surface area contributed by atoms with Gasteiger partial charge in [0.15, 0.2) is 11.6 Å². The Labute approximate surface area is 171 Å². The van der Waals surface area contributed by atoms with Gasteiger partial charge in [-0.05, 0) is 87.3 Å². The van der Waals surface area contributed by atoms with Crippen LogP contribution in [0.4, 0.5) is 13.2 Å². The molecule has 1 nitrogen and oxygen atoms in total. The zero-order valence-electron chi connectivity index (χ0n) is 17.2. The fourth-order valence-corrected chi connectivity index (χ4v) is 5.44. The van der Waals surface area contributed by atoms with E-state index in [0.717, 1.165) is 50.7 Å². The lowest BCUT2D eigenvalue weighted by molar-refractivity contribution is -0.00970. The zero-order valence-corrected chi connectivity index (χ0v) is 17.2. The number of fused-ring (bicyclic) bond motifs is 1. The molecule has 4 atom stereocenters. The Hall–Kier alpha value is -1.81. The molecule has 29 heavy (non-hydrogen) atoms. The van der Waals surface area contributed by atoms with Crippen LogP contribution in [0.1, 0.15) is 62.5 Å². The SMILES string of the molecule is CCOC1CCC2CC(c3ccc(-c4ccc(C)cc4F)c(F)c3F)CCC2C1. The van der Waals surface area contributed by atoms with Crippen LogP contribution in [0, 0.1) is 36.2 Å². The van der Waals surface area contributed by atoms with E-state index >= 15 is 4.39 Å². The van der Waals surface area contributed by atoms with Crippen LogP contribution < -0.4 is 0 Å². The second-order valence-corrected chi connectivity index (χ2v) is 8.73. The van der Waals surface area contributed by atoms with Gasteiger partial charge in [-0.3, -0.25) is 0 Å². The molecule has 4 rings (SSSR count). The van der Waals surface area contributed by atoms with Crippen LogP contribution in [0.5, 0.6) is 0 Å². The van der Waals surface area contributed by atoms with E-state index in [1.54, 1.807) is 25.1 Å². The predicted octanol–water partition coefficient (Wildman–Crippen LogP) is 7.17. The maximum absolute atomic E-state index is 15.0. The summed E-state index contributed by atoms with van der Waals surface area (Å²) in [5, 5.41) is 0. The van der Waals surface area contributed by atoms with E-state index in [1.807, 2.05) is 6.92 Å². The fraction of sp³-hybridized carbons (Fsp3) is 0.520. The summed E-state index contributed by atoms with van der Waals surface area (Å²) in [5.41, 5.74) is 1.30. The first-order valence-corrected chi connectivity index (χ1v) is 10.8. The Morgan fingerprint density at radius 2 is 1.59 bits per heavy atom. The van der Waals surface area contributed by atoms with Crippen molar-refractivity contribution < 1.29 is 17.9 Å². The molecule has 156 valence electrons. The molecular weight excluding hydrogens is 373 g/mol. The van der Waals surface area contributed by atoms with Gasteiger partial charge in [-0.25, -0.2) is 13.2 Å². The van der Waals surface area contributed by atoms with Gasteiger partial charge in [0.05, 0.1) is 6.10 Å². The first-order chi connectivity index (χ1) is 14.0. The molecule has 2 fully saturated rings. The third-order valence-corrected chi connectivity index (χ3v) is 6.93. The van der Waals surface area contributed by atoms with Crippen LogP contribution in [0.15, 0.2) is 30.3 Å². The predicted molar refractivity (Wildman–Crippen MR) is 109 cm³/mol. The largest absolute Gasteiger partial charge is 0.378 e. The van der Waals surface area contributed by atoms with Gasteiger partial charge in [-0.2, -0.15) is 0 Å². The highest BCUT2D eigenvalue weighted by Gasteiger charge is 2.37. The highest BCUT2D eigenvalue weighted by Crippen LogP contribution is 2.47. The third-order valence-electron chi connectivity index (χ3n) is 6.93. The first-order valence-electron chi connectivity index (χ1n) is 10.8. The van der Waals surface area contributed by atoms with Gasteiger partial charge in [-0.1, -0.05) is 24.3 Å². The number of benzene rings is 2. The van der Waals surface area contributed by atoms with Crippen LogP contribution in [0.25, 0.3) is 11.1 Å². The summed E-state index contributed by atoms with van der Waals surface area (Å²) >= 11 is 0. The number of halogens is 3. The van der Waals surface area contributed by atoms with Gasteiger partial charge < -0.3 is 4.74 Å². The van der Waals surface area contributed by atoms with Crippen LogP contribution in [-0.2, 0) is 4.74 Å². The van der Waals surface area contributed by atoms with Gasteiger partial charge in [0.1, 0.15) is 5.82 Å². The highest BCUT2D eigenvalue weighted by atomic mass is 19.2. The van der Waals surface area contributed by atoms with Gasteiger partial charge in [0, 0.05) is 17.7 Å². The molecule has 2 saturated carbocycles. The number of ether oxygens (including phenoxy) is 1. The fourth-order valence-electron chi connectivity index (χ4n) is 5.44. The standard InChI is InChI=1S/C25H29F3O/c1-3-29-19-8-7-16-13-18(6-5-17(16)14-19)20-10-11-22(25(28)24(20)27)21-9-4-15(2)12-23(21)26/h4,9-12,16-19H,3,5-8,13-14H2,1-2H3. The molecule has 0 spiro atoms. The number of aryl methyl sites for hydroxylation is 1. The lowest BCUT2D eigenvalue weighted by Crippen LogP contribution is -2.34. The maximum Gasteiger partial charge on any atom is 0.167 e. The van der Waals surface area contributed by atoms with Crippen molar-refractivity contribution in [1.82, 2.24) is 0 Å². The van der Waals surface area contributed by atoms with Crippen molar-refractivity contribution in [1.29, 1.82) is 0 Å². The molecule has 2 aliphatic rings. The van der Waals surface area contributed by atoms with E-state index in [2.05, 4.69) is 0 Å². The molecule has 0 aromatic heterocycles. The quantitative estimate of drug-likeness (QED) is 0.527. The Bertz CT molecular complexity index is 879. The Morgan fingerprint density at radius 1 is 0.862 bits per heavy atom. The number of rotatable bonds is 4. The third kappa shape index (κ3) is 4.09. The minimum Gasteiger partial charge on any atom is -0.378 e. The Balaban J connectivity index is 1.54. The topological polar surface area (TPSA) is 9.23 Å². The Kier molecular flexibility index (Phi) is 6.00. The van der Waals surface area contributed by atoms with Crippen LogP contribution in [0.2, 0.25) is 0 Å². The molecular formula is C25H29F3O. The molecule has 0 saturated heterocycles. The summed E-state index contributed by atoms with van der Waals surface area (Å²) in [6.45, 7) is 4.56. The van der Waals surface area contributed by atoms with Crippen molar-refractivity contribution in [2.24, 2.45) is 11.8 Å². The molecule has 4 heteroatoms. The highest BCUT2D eigenvalue weighted by molar-refractivity contribution is 5.66. The first kappa shape index (κ1) is 20.5. The van der Waals surface area contributed by atoms with Crippen molar-refractivity contribution >= 4 is 0 Å². The van der Waals surface area contributed by atoms with Crippen LogP contribution in [0.3, 0.4) is 0 Å². The molecule has 0 N–H and O–H groups in total. The average molecular weight is 403 g/mol. The van der Waals surface area contributed by atoms with Crippen molar-refractivity contribution in [3.63, 3.8) is 0 Å². The molecule has 0 bridgehead atoms. The van der Waals surface area contributed by atoms with Gasteiger partial charge in [-0.15, -0.1) is 0 Å². The average Bonchev–Trinajstić information content (AvgIpc) is 2.70. The summed E-state index contributed by atoms with van der Waals surface area (Å²) in [5.74, 6) is -1.05. The summed E-state index contributed by atoms with van der Waals surface area (Å²) in [6, 6.07) is 7.79. The molecule has 0 radical (unpaired) electrons. The molecule has 2 aromatic carbocycles. The maximum atomic E-state index is 15.0. The van der Waals surface area contributed by atoms with Crippen molar-refractivity contribution in [2.75, 3.05) is 6.61 Å². The lowest BCUT2D eigenvalue weighted by Gasteiger charge is -2.42. The van der Waals surface area contributed by atoms with Crippen LogP contribution >= 0.6 is 0 Å². The van der Waals surface area contributed by atoms with Crippen molar-refractivity contribution in [3.05, 3.63) is 58.9 Å². The minimum absolute atomic E-state index is 0.00495. The van der Waals surface area contributed by atoms with E-state index in [4.69, 9.17) is 4.74 Å². The van der Waals surface area contributed by atoms with E-state index in [-0.39, 0.29) is 17.0 Å². The van der Waals surface area contributed by atoms with Crippen molar-refractivity contribution in [2.45, 2.75) is 64.4 Å². The summed E-state index contributed by atoms with van der Waals surface area (Å²) in [7, 11) is 0. The van der Waals surface area contributed by atoms with E-state index in [9.17, 15) is 8.78 Å². The summed E-state index contributed by atoms with van der Waals surface area (Å²) < 4.78 is 50.0. The minimum atomic E-state index is -0.938. The normalized spacial score (nSPS) is 26.9. The zero-order chi connectivity index (χ0) is 20.5. The molecule has 2 aliphatic carbocycles. The summed E-state index contributed by atoms with van der Waals surface area (Å²) in [6.07, 6.45) is 6.41. The smallest absolute Gasteiger partial charge is 0.167 e. The number of hydrogen-bond donors (Lipinski definition) is 0. The van der Waals surface area contributed by atoms with Gasteiger partial charge in [0.2, 0.25) is 0 Å². The van der Waals surface area contributed by atoms with Crippen LogP contribution in [-0.4, -0.2) is 12.7 Å². The van der Waals surface area contributed by atoms with E-state index in [1.165, 1.54) is 12.1 Å². The molecule has 2 aromatic rings.